The zero-order valence-electron chi connectivity index (χ0n) is 30.1. The van der Waals surface area contributed by atoms with Crippen LogP contribution in [0.3, 0.4) is 0 Å². The fourth-order valence-corrected chi connectivity index (χ4v) is 7.53. The van der Waals surface area contributed by atoms with E-state index in [1.807, 2.05) is 42.5 Å². The second-order valence-electron chi connectivity index (χ2n) is 13.7. The number of hydrogen-bond donors (Lipinski definition) is 2. The summed E-state index contributed by atoms with van der Waals surface area (Å²) in [6.07, 6.45) is 1.43. The lowest BCUT2D eigenvalue weighted by atomic mass is 9.88. The molecule has 7 rings (SSSR count). The first-order valence-corrected chi connectivity index (χ1v) is 18.5. The molecule has 10 nitrogen and oxygen atoms in total. The quantitative estimate of drug-likeness (QED) is 0.136. The highest BCUT2D eigenvalue weighted by Gasteiger charge is 2.40. The maximum Gasteiger partial charge on any atom is 0.255 e. The highest BCUT2D eigenvalue weighted by molar-refractivity contribution is 6.05. The van der Waals surface area contributed by atoms with Crippen LogP contribution < -0.4 is 14.8 Å². The normalized spacial score (nSPS) is 18.4. The van der Waals surface area contributed by atoms with Gasteiger partial charge in [0.1, 0.15) is 36.5 Å². The topological polar surface area (TPSA) is 112 Å². The summed E-state index contributed by atoms with van der Waals surface area (Å²) in [5, 5.41) is 12.3. The van der Waals surface area contributed by atoms with E-state index < -0.39 is 11.9 Å². The van der Waals surface area contributed by atoms with E-state index in [0.717, 1.165) is 73.7 Å². The van der Waals surface area contributed by atoms with Crippen LogP contribution in [0.5, 0.6) is 17.2 Å². The third-order valence-corrected chi connectivity index (χ3v) is 10.4. The Morgan fingerprint density at radius 3 is 2.04 bits per heavy atom. The molecular formula is C43H46N4O6. The predicted molar refractivity (Wildman–Crippen MR) is 204 cm³/mol. The molecule has 1 unspecified atom stereocenters. The predicted octanol–water partition coefficient (Wildman–Crippen LogP) is 5.60. The lowest BCUT2D eigenvalue weighted by Gasteiger charge is -2.34. The van der Waals surface area contributed by atoms with Gasteiger partial charge in [0.05, 0.1) is 6.54 Å². The summed E-state index contributed by atoms with van der Waals surface area (Å²) in [6, 6.07) is 31.0. The number of phenols is 1. The summed E-state index contributed by atoms with van der Waals surface area (Å²) in [5.74, 6) is 0.849. The first-order valence-electron chi connectivity index (χ1n) is 18.5. The lowest BCUT2D eigenvalue weighted by molar-refractivity contribution is -0.136. The number of ether oxygens (including phenoxy) is 2. The molecule has 0 bridgehead atoms. The van der Waals surface area contributed by atoms with Gasteiger partial charge in [-0.2, -0.15) is 0 Å². The van der Waals surface area contributed by atoms with Gasteiger partial charge in [0.2, 0.25) is 11.8 Å². The first-order chi connectivity index (χ1) is 25.9. The Bertz CT molecular complexity index is 1950. The SMILES string of the molecule is CC/C(=C(\c1ccc(O)cc1)c1ccc(OCCN2CCN(CCOc3cccc4c3CN(C3CCC(=O)NC3=O)C4=O)CC2)cc1)c1ccccc1. The molecule has 0 aliphatic carbocycles. The minimum atomic E-state index is -0.643. The van der Waals surface area contributed by atoms with Crippen molar-refractivity contribution in [1.29, 1.82) is 0 Å². The smallest absolute Gasteiger partial charge is 0.255 e. The monoisotopic (exact) mass is 714 g/mol. The lowest BCUT2D eigenvalue weighted by Crippen LogP contribution is -2.52. The molecule has 0 aromatic heterocycles. The van der Waals surface area contributed by atoms with E-state index in [2.05, 4.69) is 58.4 Å². The first kappa shape index (κ1) is 35.9. The number of carbonyl (C=O) groups excluding carboxylic acids is 3. The van der Waals surface area contributed by atoms with Crippen molar-refractivity contribution in [3.8, 4) is 17.2 Å². The number of allylic oxidation sites excluding steroid dienone is 1. The van der Waals surface area contributed by atoms with Crippen LogP contribution in [-0.4, -0.2) is 96.1 Å². The number of benzene rings is 4. The molecule has 4 aromatic rings. The number of hydrogen-bond acceptors (Lipinski definition) is 8. The zero-order chi connectivity index (χ0) is 36.7. The van der Waals surface area contributed by atoms with Crippen molar-refractivity contribution in [3.63, 3.8) is 0 Å². The second-order valence-corrected chi connectivity index (χ2v) is 13.7. The number of fused-ring (bicyclic) bond motifs is 1. The average Bonchev–Trinajstić information content (AvgIpc) is 3.52. The summed E-state index contributed by atoms with van der Waals surface area (Å²) in [4.78, 5) is 43.5. The van der Waals surface area contributed by atoms with Crippen LogP contribution in [0.2, 0.25) is 0 Å². The van der Waals surface area contributed by atoms with Crippen molar-refractivity contribution in [3.05, 3.63) is 125 Å². The fourth-order valence-electron chi connectivity index (χ4n) is 7.53. The van der Waals surface area contributed by atoms with E-state index in [1.165, 1.54) is 11.1 Å². The van der Waals surface area contributed by atoms with Crippen LogP contribution in [0.15, 0.2) is 97.1 Å². The molecule has 3 heterocycles. The minimum Gasteiger partial charge on any atom is -0.508 e. The highest BCUT2D eigenvalue weighted by atomic mass is 16.5. The van der Waals surface area contributed by atoms with E-state index in [-0.39, 0.29) is 24.0 Å². The number of rotatable bonds is 13. The molecule has 3 aliphatic heterocycles. The van der Waals surface area contributed by atoms with Gasteiger partial charge in [-0.3, -0.25) is 29.5 Å². The molecule has 3 aliphatic rings. The molecule has 2 fully saturated rings. The maximum atomic E-state index is 13.1. The molecule has 1 atom stereocenters. The van der Waals surface area contributed by atoms with Crippen LogP contribution in [0.4, 0.5) is 0 Å². The van der Waals surface area contributed by atoms with E-state index in [0.29, 0.717) is 37.5 Å². The van der Waals surface area contributed by atoms with Crippen LogP contribution >= 0.6 is 0 Å². The summed E-state index contributed by atoms with van der Waals surface area (Å²) in [7, 11) is 0. The molecule has 3 amide bonds. The molecule has 10 heteroatoms. The van der Waals surface area contributed by atoms with Gasteiger partial charge in [-0.15, -0.1) is 0 Å². The number of piperidine rings is 1. The summed E-state index contributed by atoms with van der Waals surface area (Å²) in [5.41, 5.74) is 7.09. The summed E-state index contributed by atoms with van der Waals surface area (Å²) in [6.45, 7) is 8.93. The second kappa shape index (κ2) is 16.5. The summed E-state index contributed by atoms with van der Waals surface area (Å²) >= 11 is 0. The molecule has 0 spiro atoms. The van der Waals surface area contributed by atoms with Gasteiger partial charge in [-0.25, -0.2) is 0 Å². The van der Waals surface area contributed by atoms with E-state index >= 15 is 0 Å². The van der Waals surface area contributed by atoms with Crippen molar-refractivity contribution < 1.29 is 29.0 Å². The number of carbonyl (C=O) groups is 3. The van der Waals surface area contributed by atoms with Gasteiger partial charge in [0.25, 0.3) is 5.91 Å². The molecular weight excluding hydrogens is 668 g/mol. The van der Waals surface area contributed by atoms with Gasteiger partial charge in [0.15, 0.2) is 0 Å². The third kappa shape index (κ3) is 8.29. The number of piperazine rings is 1. The van der Waals surface area contributed by atoms with Crippen LogP contribution in [-0.2, 0) is 16.1 Å². The van der Waals surface area contributed by atoms with Gasteiger partial charge in [-0.05, 0) is 77.1 Å². The Hall–Kier alpha value is -5.45. The van der Waals surface area contributed by atoms with Crippen molar-refractivity contribution in [2.75, 3.05) is 52.5 Å². The number of imide groups is 1. The Labute approximate surface area is 310 Å². The molecule has 0 radical (unpaired) electrons. The molecule has 0 saturated carbocycles. The molecule has 4 aromatic carbocycles. The number of nitrogens with one attached hydrogen (secondary N) is 1. The van der Waals surface area contributed by atoms with Gasteiger partial charge < -0.3 is 19.5 Å². The minimum absolute atomic E-state index is 0.196. The van der Waals surface area contributed by atoms with Crippen molar-refractivity contribution in [1.82, 2.24) is 20.0 Å². The Morgan fingerprint density at radius 2 is 1.40 bits per heavy atom. The van der Waals surface area contributed by atoms with Crippen LogP contribution in [0.1, 0.15) is 58.8 Å². The Balaban J connectivity index is 0.875. The maximum absolute atomic E-state index is 13.1. The van der Waals surface area contributed by atoms with E-state index in [9.17, 15) is 19.5 Å². The molecule has 274 valence electrons. The van der Waals surface area contributed by atoms with Crippen LogP contribution in [0, 0.1) is 0 Å². The molecule has 53 heavy (non-hydrogen) atoms. The van der Waals surface area contributed by atoms with Crippen LogP contribution in [0.25, 0.3) is 11.1 Å². The van der Waals surface area contributed by atoms with Crippen molar-refractivity contribution in [2.24, 2.45) is 0 Å². The third-order valence-electron chi connectivity index (χ3n) is 10.4. The Morgan fingerprint density at radius 1 is 0.755 bits per heavy atom. The zero-order valence-corrected chi connectivity index (χ0v) is 30.1. The number of nitrogens with zero attached hydrogens (tertiary/aromatic N) is 3. The van der Waals surface area contributed by atoms with Gasteiger partial charge >= 0.3 is 0 Å². The largest absolute Gasteiger partial charge is 0.508 e. The van der Waals surface area contributed by atoms with Gasteiger partial charge in [0, 0.05) is 56.8 Å². The average molecular weight is 715 g/mol. The molecule has 2 saturated heterocycles. The fraction of sp³-hybridized carbons (Fsp3) is 0.326. The Kier molecular flexibility index (Phi) is 11.2. The number of phenolic OH excluding ortho intramolecular Hbond substituents is 1. The summed E-state index contributed by atoms with van der Waals surface area (Å²) < 4.78 is 12.4. The van der Waals surface area contributed by atoms with Crippen molar-refractivity contribution in [2.45, 2.75) is 38.8 Å². The van der Waals surface area contributed by atoms with E-state index in [4.69, 9.17) is 9.47 Å². The number of amides is 3. The van der Waals surface area contributed by atoms with E-state index in [1.54, 1.807) is 23.1 Å². The van der Waals surface area contributed by atoms with Crippen molar-refractivity contribution >= 4 is 28.9 Å². The highest BCUT2D eigenvalue weighted by Crippen LogP contribution is 2.36. The number of aromatic hydroxyl groups is 1. The van der Waals surface area contributed by atoms with Gasteiger partial charge in [-0.1, -0.05) is 67.6 Å². The molecule has 2 N–H and O–H groups in total. The standard InChI is InChI=1S/C43H46N4O6/c1-2-35(30-7-4-3-5-8-30)41(31-11-15-33(48)16-12-31)32-13-17-34(18-14-32)52-27-25-45-21-23-46(24-22-45)26-28-53-39-10-6-9-36-37(39)29-47(43(36)51)38-19-20-40(49)44-42(38)50/h3-18,38,48H,2,19-29H2,1H3,(H,44,49,50)/b41-35-.